The highest BCUT2D eigenvalue weighted by atomic mass is 16.5. The highest BCUT2D eigenvalue weighted by Crippen LogP contribution is 2.09. The first-order valence-electron chi connectivity index (χ1n) is 5.97. The average Bonchev–Trinajstić information content (AvgIpc) is 2.91. The van der Waals surface area contributed by atoms with E-state index in [4.69, 9.17) is 5.11 Å². The predicted molar refractivity (Wildman–Crippen MR) is 70.6 cm³/mol. The van der Waals surface area contributed by atoms with Crippen LogP contribution in [0, 0.1) is 0 Å². The van der Waals surface area contributed by atoms with Crippen molar-refractivity contribution >= 4 is 17.8 Å². The molecule has 0 saturated carbocycles. The summed E-state index contributed by atoms with van der Waals surface area (Å²) in [4.78, 5) is 26.0. The SMILES string of the molecule is COC(=O)c1ccnc(NCc2cn(CC(=O)O)nn2)c1. The molecule has 0 bridgehead atoms. The summed E-state index contributed by atoms with van der Waals surface area (Å²) in [6, 6.07) is 3.09. The van der Waals surface area contributed by atoms with Crippen LogP contribution in [0.4, 0.5) is 5.82 Å². The molecule has 0 fully saturated rings. The van der Waals surface area contributed by atoms with Crippen LogP contribution in [0.1, 0.15) is 16.1 Å². The van der Waals surface area contributed by atoms with Gasteiger partial charge >= 0.3 is 11.9 Å². The number of aliphatic carboxylic acids is 1. The lowest BCUT2D eigenvalue weighted by molar-refractivity contribution is -0.137. The number of carbonyl (C=O) groups excluding carboxylic acids is 1. The maximum Gasteiger partial charge on any atom is 0.338 e. The Kier molecular flexibility index (Phi) is 4.44. The van der Waals surface area contributed by atoms with E-state index in [0.717, 1.165) is 0 Å². The van der Waals surface area contributed by atoms with E-state index < -0.39 is 11.9 Å². The highest BCUT2D eigenvalue weighted by Gasteiger charge is 2.07. The van der Waals surface area contributed by atoms with Crippen LogP contribution in [-0.2, 0) is 22.6 Å². The molecule has 0 amide bonds. The van der Waals surface area contributed by atoms with Crippen molar-refractivity contribution in [2.24, 2.45) is 0 Å². The zero-order chi connectivity index (χ0) is 15.2. The molecule has 9 heteroatoms. The molecule has 0 radical (unpaired) electrons. The van der Waals surface area contributed by atoms with Gasteiger partial charge in [0.15, 0.2) is 0 Å². The van der Waals surface area contributed by atoms with Crippen LogP contribution in [0.15, 0.2) is 24.5 Å². The van der Waals surface area contributed by atoms with Gasteiger partial charge in [0.25, 0.3) is 0 Å². The zero-order valence-electron chi connectivity index (χ0n) is 11.2. The Morgan fingerprint density at radius 3 is 3.00 bits per heavy atom. The Labute approximate surface area is 119 Å². The van der Waals surface area contributed by atoms with Crippen molar-refractivity contribution in [3.8, 4) is 0 Å². The van der Waals surface area contributed by atoms with Crippen molar-refractivity contribution in [2.45, 2.75) is 13.1 Å². The number of carbonyl (C=O) groups is 2. The van der Waals surface area contributed by atoms with Crippen LogP contribution in [-0.4, -0.2) is 44.1 Å². The number of methoxy groups -OCH3 is 1. The number of hydrogen-bond acceptors (Lipinski definition) is 7. The molecule has 9 nitrogen and oxygen atoms in total. The summed E-state index contributed by atoms with van der Waals surface area (Å²) in [7, 11) is 1.30. The number of nitrogens with one attached hydrogen (secondary N) is 1. The molecular formula is C12H13N5O4. The van der Waals surface area contributed by atoms with Crippen molar-refractivity contribution in [2.75, 3.05) is 12.4 Å². The van der Waals surface area contributed by atoms with Gasteiger partial charge in [-0.25, -0.2) is 14.5 Å². The largest absolute Gasteiger partial charge is 0.480 e. The summed E-state index contributed by atoms with van der Waals surface area (Å²) in [5, 5.41) is 19.1. The number of pyridine rings is 1. The molecule has 0 atom stereocenters. The quantitative estimate of drug-likeness (QED) is 0.722. The number of aromatic nitrogens is 4. The first-order valence-corrected chi connectivity index (χ1v) is 5.97. The normalized spacial score (nSPS) is 10.1. The Balaban J connectivity index is 1.98. The van der Waals surface area contributed by atoms with Gasteiger partial charge in [-0.3, -0.25) is 4.79 Å². The number of nitrogens with zero attached hydrogens (tertiary/aromatic N) is 4. The number of hydrogen-bond donors (Lipinski definition) is 2. The predicted octanol–water partition coefficient (Wildman–Crippen LogP) is 0.156. The second kappa shape index (κ2) is 6.46. The molecular weight excluding hydrogens is 278 g/mol. The van der Waals surface area contributed by atoms with Crippen LogP contribution in [0.5, 0.6) is 0 Å². The fourth-order valence-corrected chi connectivity index (χ4v) is 1.59. The molecule has 2 rings (SSSR count). The second-order valence-corrected chi connectivity index (χ2v) is 4.08. The molecule has 0 unspecified atom stereocenters. The molecule has 0 aliphatic carbocycles. The highest BCUT2D eigenvalue weighted by molar-refractivity contribution is 5.89. The third-order valence-corrected chi connectivity index (χ3v) is 2.52. The van der Waals surface area contributed by atoms with Crippen molar-refractivity contribution in [1.82, 2.24) is 20.0 Å². The summed E-state index contributed by atoms with van der Waals surface area (Å²) in [6.07, 6.45) is 3.00. The number of carboxylic acid groups (broad SMARTS) is 1. The second-order valence-electron chi connectivity index (χ2n) is 4.08. The van der Waals surface area contributed by atoms with Gasteiger partial charge in [-0.15, -0.1) is 5.10 Å². The van der Waals surface area contributed by atoms with Crippen LogP contribution >= 0.6 is 0 Å². The number of anilines is 1. The average molecular weight is 291 g/mol. The molecule has 21 heavy (non-hydrogen) atoms. The Morgan fingerprint density at radius 2 is 2.29 bits per heavy atom. The van der Waals surface area contributed by atoms with E-state index in [1.807, 2.05) is 0 Å². The van der Waals surface area contributed by atoms with E-state index in [0.29, 0.717) is 23.6 Å². The topological polar surface area (TPSA) is 119 Å². The zero-order valence-corrected chi connectivity index (χ0v) is 11.2. The summed E-state index contributed by atoms with van der Waals surface area (Å²) in [5.41, 5.74) is 0.936. The summed E-state index contributed by atoms with van der Waals surface area (Å²) < 4.78 is 5.84. The van der Waals surface area contributed by atoms with Crippen LogP contribution in [0.25, 0.3) is 0 Å². The molecule has 2 N–H and O–H groups in total. The maximum atomic E-state index is 11.4. The van der Waals surface area contributed by atoms with Crippen molar-refractivity contribution in [1.29, 1.82) is 0 Å². The standard InChI is InChI=1S/C12H13N5O4/c1-21-12(20)8-2-3-13-10(4-8)14-5-9-6-17(16-15-9)7-11(18)19/h2-4,6H,5,7H2,1H3,(H,13,14)(H,18,19). The van der Waals surface area contributed by atoms with Gasteiger partial charge in [0.1, 0.15) is 18.1 Å². The molecule has 2 aromatic rings. The summed E-state index contributed by atoms with van der Waals surface area (Å²) in [5.74, 6) is -0.967. The van der Waals surface area contributed by atoms with Crippen LogP contribution in [0.3, 0.4) is 0 Å². The molecule has 0 aliphatic rings. The Bertz CT molecular complexity index is 655. The molecule has 0 spiro atoms. The van der Waals surface area contributed by atoms with Gasteiger partial charge in [0.2, 0.25) is 0 Å². The van der Waals surface area contributed by atoms with Crippen molar-refractivity contribution in [3.63, 3.8) is 0 Å². The van der Waals surface area contributed by atoms with Gasteiger partial charge in [-0.2, -0.15) is 0 Å². The van der Waals surface area contributed by atoms with E-state index in [2.05, 4.69) is 25.3 Å². The van der Waals surface area contributed by atoms with E-state index in [1.54, 1.807) is 12.1 Å². The molecule has 0 saturated heterocycles. The third-order valence-electron chi connectivity index (χ3n) is 2.52. The van der Waals surface area contributed by atoms with E-state index in [9.17, 15) is 9.59 Å². The van der Waals surface area contributed by atoms with Gasteiger partial charge in [0, 0.05) is 6.20 Å². The maximum absolute atomic E-state index is 11.4. The lowest BCUT2D eigenvalue weighted by Crippen LogP contribution is -2.09. The van der Waals surface area contributed by atoms with Crippen molar-refractivity contribution < 1.29 is 19.4 Å². The van der Waals surface area contributed by atoms with Crippen LogP contribution in [0.2, 0.25) is 0 Å². The van der Waals surface area contributed by atoms with Crippen LogP contribution < -0.4 is 5.32 Å². The number of rotatable bonds is 6. The smallest absolute Gasteiger partial charge is 0.338 e. The van der Waals surface area contributed by atoms with E-state index >= 15 is 0 Å². The summed E-state index contributed by atoms with van der Waals surface area (Å²) >= 11 is 0. The van der Waals surface area contributed by atoms with E-state index in [1.165, 1.54) is 24.2 Å². The Hall–Kier alpha value is -2.97. The van der Waals surface area contributed by atoms with Gasteiger partial charge in [0.05, 0.1) is 25.4 Å². The monoisotopic (exact) mass is 291 g/mol. The minimum atomic E-state index is -0.994. The number of esters is 1. The molecule has 0 aliphatic heterocycles. The molecule has 2 heterocycles. The molecule has 0 aromatic carbocycles. The fraction of sp³-hybridized carbons (Fsp3) is 0.250. The number of carboxylic acids is 1. The lowest BCUT2D eigenvalue weighted by atomic mass is 10.2. The molecule has 2 aromatic heterocycles. The molecule has 110 valence electrons. The number of ether oxygens (including phenoxy) is 1. The lowest BCUT2D eigenvalue weighted by Gasteiger charge is -2.04. The van der Waals surface area contributed by atoms with E-state index in [-0.39, 0.29) is 6.54 Å². The fourth-order valence-electron chi connectivity index (χ4n) is 1.59. The van der Waals surface area contributed by atoms with Gasteiger partial charge in [-0.1, -0.05) is 5.21 Å². The minimum absolute atomic E-state index is 0.247. The third kappa shape index (κ3) is 4.00. The minimum Gasteiger partial charge on any atom is -0.480 e. The first-order chi connectivity index (χ1) is 10.1. The summed E-state index contributed by atoms with van der Waals surface area (Å²) in [6.45, 7) is 0.0559. The first kappa shape index (κ1) is 14.4. The van der Waals surface area contributed by atoms with Gasteiger partial charge < -0.3 is 15.2 Å². The van der Waals surface area contributed by atoms with Gasteiger partial charge in [-0.05, 0) is 12.1 Å². The van der Waals surface area contributed by atoms with Crippen molar-refractivity contribution in [3.05, 3.63) is 35.8 Å². The Morgan fingerprint density at radius 1 is 1.48 bits per heavy atom.